The summed E-state index contributed by atoms with van der Waals surface area (Å²) in [6.07, 6.45) is 2.49. The minimum atomic E-state index is 0.0880. The maximum Gasteiger partial charge on any atom is 0.221 e. The quantitative estimate of drug-likeness (QED) is 0.854. The first kappa shape index (κ1) is 13.4. The molecule has 1 aromatic rings. The van der Waals surface area contributed by atoms with E-state index in [4.69, 9.17) is 16.3 Å². The van der Waals surface area contributed by atoms with Crippen molar-refractivity contribution >= 4 is 17.4 Å². The molecule has 100 valence electrons. The van der Waals surface area contributed by atoms with E-state index in [0.717, 1.165) is 17.8 Å². The lowest BCUT2D eigenvalue weighted by molar-refractivity contribution is 0.168. The Morgan fingerprint density at radius 3 is 2.78 bits per heavy atom. The van der Waals surface area contributed by atoms with Crippen molar-refractivity contribution in [2.24, 2.45) is 5.41 Å². The van der Waals surface area contributed by atoms with Gasteiger partial charge < -0.3 is 10.1 Å². The highest BCUT2D eigenvalue weighted by atomic mass is 35.5. The van der Waals surface area contributed by atoms with Crippen molar-refractivity contribution in [1.29, 1.82) is 0 Å². The lowest BCUT2D eigenvalue weighted by atomic mass is 9.67. The third-order valence-corrected chi connectivity index (χ3v) is 4.52. The summed E-state index contributed by atoms with van der Waals surface area (Å²) < 4.78 is 5.47. The number of hydrogen-bond acceptors (Lipinski definition) is 4. The Hall–Kier alpha value is -1.03. The van der Waals surface area contributed by atoms with Crippen molar-refractivity contribution in [2.45, 2.75) is 45.5 Å². The first-order valence-electron chi connectivity index (χ1n) is 6.31. The van der Waals surface area contributed by atoms with Gasteiger partial charge in [-0.15, -0.1) is 11.6 Å². The lowest BCUT2D eigenvalue weighted by Gasteiger charge is -2.49. The molecule has 2 rings (SSSR count). The molecule has 1 aliphatic rings. The number of nitrogens with one attached hydrogen (secondary N) is 1. The summed E-state index contributed by atoms with van der Waals surface area (Å²) in [7, 11) is 0. The zero-order valence-corrected chi connectivity index (χ0v) is 12.1. The molecule has 0 aliphatic heterocycles. The van der Waals surface area contributed by atoms with E-state index in [9.17, 15) is 0 Å². The average molecular weight is 270 g/mol. The third kappa shape index (κ3) is 2.26. The normalized spacial score (nSPS) is 25.4. The number of rotatable bonds is 4. The zero-order valence-electron chi connectivity index (χ0n) is 11.3. The molecule has 0 bridgehead atoms. The predicted molar refractivity (Wildman–Crippen MR) is 73.4 cm³/mol. The largest absolute Gasteiger partial charge is 0.478 e. The maximum atomic E-state index is 6.22. The van der Waals surface area contributed by atoms with Crippen LogP contribution in [0.4, 0.5) is 5.82 Å². The van der Waals surface area contributed by atoms with Crippen molar-refractivity contribution in [1.82, 2.24) is 9.97 Å². The molecule has 1 aliphatic carbocycles. The van der Waals surface area contributed by atoms with Gasteiger partial charge in [0.05, 0.1) is 12.2 Å². The summed E-state index contributed by atoms with van der Waals surface area (Å²) in [6.45, 7) is 8.87. The number of aromatic nitrogens is 2. The molecular formula is C13H20ClN3O. The van der Waals surface area contributed by atoms with Gasteiger partial charge in [0, 0.05) is 16.8 Å². The highest BCUT2D eigenvalue weighted by molar-refractivity contribution is 6.21. The van der Waals surface area contributed by atoms with Crippen LogP contribution in [0.1, 0.15) is 32.8 Å². The SMILES string of the molecule is CCOc1ncnc(NC2CC(Cl)C2(C)C)c1C. The van der Waals surface area contributed by atoms with Gasteiger partial charge in [-0.05, 0) is 20.3 Å². The number of anilines is 1. The third-order valence-electron chi connectivity index (χ3n) is 3.78. The van der Waals surface area contributed by atoms with E-state index in [2.05, 4.69) is 29.1 Å². The van der Waals surface area contributed by atoms with Crippen LogP contribution >= 0.6 is 11.6 Å². The van der Waals surface area contributed by atoms with Gasteiger partial charge >= 0.3 is 0 Å². The molecule has 0 spiro atoms. The van der Waals surface area contributed by atoms with Gasteiger partial charge in [0.15, 0.2) is 0 Å². The molecule has 0 saturated heterocycles. The maximum absolute atomic E-state index is 6.22. The van der Waals surface area contributed by atoms with E-state index in [1.54, 1.807) is 0 Å². The molecule has 0 amide bonds. The van der Waals surface area contributed by atoms with Crippen LogP contribution in [0.25, 0.3) is 0 Å². The summed E-state index contributed by atoms with van der Waals surface area (Å²) in [5.41, 5.74) is 1.04. The minimum absolute atomic E-state index is 0.0880. The molecule has 1 fully saturated rings. The fourth-order valence-corrected chi connectivity index (χ4v) is 2.47. The van der Waals surface area contributed by atoms with Crippen molar-refractivity contribution in [3.8, 4) is 5.88 Å². The van der Waals surface area contributed by atoms with Gasteiger partial charge in [-0.3, -0.25) is 0 Å². The molecule has 2 unspecified atom stereocenters. The number of ether oxygens (including phenoxy) is 1. The van der Waals surface area contributed by atoms with E-state index in [1.165, 1.54) is 6.33 Å². The molecule has 18 heavy (non-hydrogen) atoms. The van der Waals surface area contributed by atoms with Gasteiger partial charge in [-0.2, -0.15) is 0 Å². The Labute approximate surface area is 113 Å². The molecule has 1 heterocycles. The fraction of sp³-hybridized carbons (Fsp3) is 0.692. The van der Waals surface area contributed by atoms with Gasteiger partial charge in [0.1, 0.15) is 12.1 Å². The Bertz CT molecular complexity index is 436. The number of alkyl halides is 1. The van der Waals surface area contributed by atoms with Crippen molar-refractivity contribution in [3.05, 3.63) is 11.9 Å². The molecule has 2 atom stereocenters. The average Bonchev–Trinajstić information content (AvgIpc) is 2.33. The second kappa shape index (κ2) is 4.92. The Balaban J connectivity index is 2.13. The minimum Gasteiger partial charge on any atom is -0.478 e. The fourth-order valence-electron chi connectivity index (χ4n) is 2.14. The number of nitrogens with zero attached hydrogens (tertiary/aromatic N) is 2. The molecular weight excluding hydrogens is 250 g/mol. The first-order chi connectivity index (χ1) is 8.46. The summed E-state index contributed by atoms with van der Waals surface area (Å²) in [5, 5.41) is 3.68. The van der Waals surface area contributed by atoms with Crippen LogP contribution in [0.3, 0.4) is 0 Å². The van der Waals surface area contributed by atoms with Gasteiger partial charge in [-0.25, -0.2) is 9.97 Å². The van der Waals surface area contributed by atoms with Crippen LogP contribution in [0, 0.1) is 12.3 Å². The molecule has 4 nitrogen and oxygen atoms in total. The van der Waals surface area contributed by atoms with Crippen LogP contribution < -0.4 is 10.1 Å². The predicted octanol–water partition coefficient (Wildman–Crippen LogP) is 3.00. The van der Waals surface area contributed by atoms with E-state index in [1.807, 2.05) is 13.8 Å². The molecule has 0 radical (unpaired) electrons. The molecule has 1 N–H and O–H groups in total. The topological polar surface area (TPSA) is 47.0 Å². The summed E-state index contributed by atoms with van der Waals surface area (Å²) in [6, 6.07) is 0.350. The van der Waals surface area contributed by atoms with E-state index >= 15 is 0 Å². The zero-order chi connectivity index (χ0) is 13.3. The highest BCUT2D eigenvalue weighted by Gasteiger charge is 2.47. The van der Waals surface area contributed by atoms with Gasteiger partial charge in [-0.1, -0.05) is 13.8 Å². The number of halogens is 1. The van der Waals surface area contributed by atoms with Crippen LogP contribution in [-0.4, -0.2) is 28.0 Å². The van der Waals surface area contributed by atoms with Crippen LogP contribution in [0.5, 0.6) is 5.88 Å². The molecule has 5 heteroatoms. The summed E-state index contributed by atoms with van der Waals surface area (Å²) in [4.78, 5) is 8.42. The molecule has 1 saturated carbocycles. The van der Waals surface area contributed by atoms with E-state index in [-0.39, 0.29) is 10.8 Å². The smallest absolute Gasteiger partial charge is 0.221 e. The summed E-state index contributed by atoms with van der Waals surface area (Å²) >= 11 is 6.22. The van der Waals surface area contributed by atoms with Crippen LogP contribution in [0.2, 0.25) is 0 Å². The van der Waals surface area contributed by atoms with E-state index in [0.29, 0.717) is 18.5 Å². The van der Waals surface area contributed by atoms with Gasteiger partial charge in [0.25, 0.3) is 0 Å². The monoisotopic (exact) mass is 269 g/mol. The van der Waals surface area contributed by atoms with Crippen molar-refractivity contribution in [2.75, 3.05) is 11.9 Å². The van der Waals surface area contributed by atoms with Crippen molar-refractivity contribution in [3.63, 3.8) is 0 Å². The first-order valence-corrected chi connectivity index (χ1v) is 6.75. The molecule has 0 aromatic carbocycles. The second-order valence-corrected chi connectivity index (χ2v) is 5.83. The lowest BCUT2D eigenvalue weighted by Crippen LogP contribution is -2.54. The second-order valence-electron chi connectivity index (χ2n) is 5.31. The van der Waals surface area contributed by atoms with E-state index < -0.39 is 0 Å². The molecule has 1 aromatic heterocycles. The standard InChI is InChI=1S/C13H20ClN3O/c1-5-18-12-8(2)11(15-7-16-12)17-10-6-9(14)13(10,3)4/h7,9-10H,5-6H2,1-4H3,(H,15,16,17). The Morgan fingerprint density at radius 2 is 2.22 bits per heavy atom. The van der Waals surface area contributed by atoms with Gasteiger partial charge in [0.2, 0.25) is 5.88 Å². The summed E-state index contributed by atoms with van der Waals surface area (Å²) in [5.74, 6) is 1.49. The number of hydrogen-bond donors (Lipinski definition) is 1. The van der Waals surface area contributed by atoms with Crippen molar-refractivity contribution < 1.29 is 4.74 Å². The Kier molecular flexibility index (Phi) is 3.66. The Morgan fingerprint density at radius 1 is 1.50 bits per heavy atom. The van der Waals surface area contributed by atoms with Crippen LogP contribution in [0.15, 0.2) is 6.33 Å². The highest BCUT2D eigenvalue weighted by Crippen LogP contribution is 2.46. The van der Waals surface area contributed by atoms with Crippen LogP contribution in [-0.2, 0) is 0 Å².